The molecule has 2 aliphatic rings. The van der Waals surface area contributed by atoms with Crippen LogP contribution in [0.15, 0.2) is 36.9 Å². The largest absolute Gasteiger partial charge is 0.330 e. The number of amides is 3. The number of imide groups is 1. The van der Waals surface area contributed by atoms with Gasteiger partial charge < -0.3 is 0 Å². The molecule has 9 nitrogen and oxygen atoms in total. The highest BCUT2D eigenvalue weighted by molar-refractivity contribution is 6.04. The first kappa shape index (κ1) is 16.8. The molecule has 0 bridgehead atoms. The van der Waals surface area contributed by atoms with E-state index in [0.29, 0.717) is 12.5 Å². The number of pyridine rings is 2. The van der Waals surface area contributed by atoms with Crippen LogP contribution in [0.25, 0.3) is 22.0 Å². The van der Waals surface area contributed by atoms with Crippen molar-refractivity contribution in [3.8, 4) is 11.1 Å². The number of rotatable bonds is 2. The van der Waals surface area contributed by atoms with Gasteiger partial charge in [-0.2, -0.15) is 5.10 Å². The number of anilines is 1. The highest BCUT2D eigenvalue weighted by Gasteiger charge is 2.43. The molecule has 0 radical (unpaired) electrons. The van der Waals surface area contributed by atoms with Crippen LogP contribution in [0.3, 0.4) is 0 Å². The van der Waals surface area contributed by atoms with Gasteiger partial charge in [0.15, 0.2) is 0 Å². The second-order valence-electron chi connectivity index (χ2n) is 7.20. The Morgan fingerprint density at radius 2 is 2.07 bits per heavy atom. The van der Waals surface area contributed by atoms with E-state index < -0.39 is 6.03 Å². The van der Waals surface area contributed by atoms with Gasteiger partial charge in [0.25, 0.3) is 0 Å². The lowest BCUT2D eigenvalue weighted by Gasteiger charge is -2.16. The van der Waals surface area contributed by atoms with Crippen LogP contribution in [0.2, 0.25) is 0 Å². The standard InChI is InChI=1S/C19H19N7O2/c1-24-10-14(8-22-24)13-5-12-6-17(21-9-15(12)20-7-13)23-19(28)26-11-25-4-2-3-16(25)18(26)27/h5-10,16H,2-4,11H2,1H3,(H,21,23,28). The summed E-state index contributed by atoms with van der Waals surface area (Å²) in [6.07, 6.45) is 8.90. The van der Waals surface area contributed by atoms with Crippen LogP contribution in [0.1, 0.15) is 12.8 Å². The highest BCUT2D eigenvalue weighted by atomic mass is 16.2. The van der Waals surface area contributed by atoms with Crippen molar-refractivity contribution >= 4 is 28.7 Å². The fraction of sp³-hybridized carbons (Fsp3) is 0.316. The number of hydrogen-bond acceptors (Lipinski definition) is 6. The minimum Gasteiger partial charge on any atom is -0.292 e. The van der Waals surface area contributed by atoms with Gasteiger partial charge in [-0.3, -0.25) is 24.7 Å². The van der Waals surface area contributed by atoms with Crippen LogP contribution >= 0.6 is 0 Å². The molecule has 0 aliphatic carbocycles. The average molecular weight is 377 g/mol. The SMILES string of the molecule is Cn1cc(-c2cnc3cnc(NC(=O)N4CN5CCCC5C4=O)cc3c2)cn1. The van der Waals surface area contributed by atoms with E-state index in [9.17, 15) is 9.59 Å². The van der Waals surface area contributed by atoms with Crippen LogP contribution in [-0.2, 0) is 11.8 Å². The van der Waals surface area contributed by atoms with E-state index in [1.165, 1.54) is 4.90 Å². The lowest BCUT2D eigenvalue weighted by molar-refractivity contribution is -0.126. The predicted octanol–water partition coefficient (Wildman–Crippen LogP) is 1.83. The predicted molar refractivity (Wildman–Crippen MR) is 102 cm³/mol. The molecule has 3 amide bonds. The fourth-order valence-electron chi connectivity index (χ4n) is 3.88. The minimum absolute atomic E-state index is 0.128. The van der Waals surface area contributed by atoms with E-state index in [1.54, 1.807) is 29.3 Å². The average Bonchev–Trinajstić information content (AvgIpc) is 3.39. The summed E-state index contributed by atoms with van der Waals surface area (Å²) in [5.74, 6) is 0.263. The van der Waals surface area contributed by atoms with Gasteiger partial charge in [-0.1, -0.05) is 0 Å². The van der Waals surface area contributed by atoms with Crippen molar-refractivity contribution in [3.05, 3.63) is 36.9 Å². The summed E-state index contributed by atoms with van der Waals surface area (Å²) in [6, 6.07) is 3.15. The fourth-order valence-corrected chi connectivity index (χ4v) is 3.88. The molecule has 0 spiro atoms. The summed E-state index contributed by atoms with van der Waals surface area (Å²) in [5, 5.41) is 7.77. The molecule has 1 N–H and O–H groups in total. The number of hydrogen-bond donors (Lipinski definition) is 1. The number of carbonyl (C=O) groups excluding carboxylic acids is 2. The molecule has 3 aromatic heterocycles. The Bertz CT molecular complexity index is 1090. The zero-order valence-electron chi connectivity index (χ0n) is 15.4. The zero-order chi connectivity index (χ0) is 19.3. The Labute approximate surface area is 161 Å². The van der Waals surface area contributed by atoms with Gasteiger partial charge in [0, 0.05) is 42.5 Å². The molecule has 28 heavy (non-hydrogen) atoms. The van der Waals surface area contributed by atoms with E-state index in [4.69, 9.17) is 0 Å². The summed E-state index contributed by atoms with van der Waals surface area (Å²) in [5.41, 5.74) is 2.62. The number of aromatic nitrogens is 4. The van der Waals surface area contributed by atoms with Crippen molar-refractivity contribution in [1.29, 1.82) is 0 Å². The highest BCUT2D eigenvalue weighted by Crippen LogP contribution is 2.27. The van der Waals surface area contributed by atoms with Gasteiger partial charge in [-0.25, -0.2) is 14.7 Å². The molecule has 5 rings (SSSR count). The lowest BCUT2D eigenvalue weighted by atomic mass is 10.1. The normalized spacial score (nSPS) is 19.4. The molecule has 0 aromatic carbocycles. The molecule has 3 aromatic rings. The Morgan fingerprint density at radius 3 is 2.86 bits per heavy atom. The first-order valence-corrected chi connectivity index (χ1v) is 9.20. The topological polar surface area (TPSA) is 96.3 Å². The maximum Gasteiger partial charge on any atom is 0.330 e. The van der Waals surface area contributed by atoms with Crippen molar-refractivity contribution in [3.63, 3.8) is 0 Å². The van der Waals surface area contributed by atoms with E-state index in [0.717, 1.165) is 41.4 Å². The molecule has 9 heteroatoms. The molecular formula is C19H19N7O2. The maximum atomic E-state index is 12.6. The Morgan fingerprint density at radius 1 is 1.18 bits per heavy atom. The number of fused-ring (bicyclic) bond motifs is 2. The van der Waals surface area contributed by atoms with Crippen LogP contribution in [0.5, 0.6) is 0 Å². The van der Waals surface area contributed by atoms with Crippen molar-refractivity contribution in [2.24, 2.45) is 7.05 Å². The monoisotopic (exact) mass is 377 g/mol. The molecular weight excluding hydrogens is 358 g/mol. The first-order chi connectivity index (χ1) is 13.6. The third-order valence-electron chi connectivity index (χ3n) is 5.32. The zero-order valence-corrected chi connectivity index (χ0v) is 15.4. The quantitative estimate of drug-likeness (QED) is 0.732. The molecule has 1 atom stereocenters. The number of nitrogens with one attached hydrogen (secondary N) is 1. The second-order valence-corrected chi connectivity index (χ2v) is 7.20. The van der Waals surface area contributed by atoms with Crippen LogP contribution in [0, 0.1) is 0 Å². The van der Waals surface area contributed by atoms with Crippen molar-refractivity contribution in [1.82, 2.24) is 29.5 Å². The molecule has 2 saturated heterocycles. The summed E-state index contributed by atoms with van der Waals surface area (Å²) in [4.78, 5) is 37.0. The maximum absolute atomic E-state index is 12.6. The van der Waals surface area contributed by atoms with E-state index in [1.807, 2.05) is 24.2 Å². The number of urea groups is 1. The van der Waals surface area contributed by atoms with E-state index >= 15 is 0 Å². The van der Waals surface area contributed by atoms with Crippen LogP contribution in [-0.4, -0.2) is 60.7 Å². The summed E-state index contributed by atoms with van der Waals surface area (Å²) in [7, 11) is 1.86. The van der Waals surface area contributed by atoms with E-state index in [-0.39, 0.29) is 11.9 Å². The lowest BCUT2D eigenvalue weighted by Crippen LogP contribution is -2.38. The van der Waals surface area contributed by atoms with Crippen molar-refractivity contribution in [2.75, 3.05) is 18.5 Å². The molecule has 2 aliphatic heterocycles. The van der Waals surface area contributed by atoms with Gasteiger partial charge in [0.05, 0.1) is 30.6 Å². The number of carbonyl (C=O) groups is 2. The van der Waals surface area contributed by atoms with Crippen molar-refractivity contribution in [2.45, 2.75) is 18.9 Å². The molecule has 142 valence electrons. The molecule has 1 unspecified atom stereocenters. The van der Waals surface area contributed by atoms with Crippen molar-refractivity contribution < 1.29 is 9.59 Å². The van der Waals surface area contributed by atoms with Gasteiger partial charge in [0.2, 0.25) is 5.91 Å². The second kappa shape index (κ2) is 6.38. The molecule has 0 saturated carbocycles. The van der Waals surface area contributed by atoms with Gasteiger partial charge in [-0.15, -0.1) is 0 Å². The van der Waals surface area contributed by atoms with Crippen LogP contribution < -0.4 is 5.32 Å². The van der Waals surface area contributed by atoms with Gasteiger partial charge >= 0.3 is 6.03 Å². The third kappa shape index (κ3) is 2.80. The van der Waals surface area contributed by atoms with E-state index in [2.05, 4.69) is 20.4 Å². The summed E-state index contributed by atoms with van der Waals surface area (Å²) in [6.45, 7) is 1.20. The van der Waals surface area contributed by atoms with Gasteiger partial charge in [-0.05, 0) is 25.0 Å². The molecule has 5 heterocycles. The smallest absolute Gasteiger partial charge is 0.292 e. The Hall–Kier alpha value is -3.33. The van der Waals surface area contributed by atoms with Gasteiger partial charge in [0.1, 0.15) is 5.82 Å². The number of nitrogens with zero attached hydrogens (tertiary/aromatic N) is 6. The third-order valence-corrected chi connectivity index (χ3v) is 5.32. The first-order valence-electron chi connectivity index (χ1n) is 9.20. The summed E-state index contributed by atoms with van der Waals surface area (Å²) >= 11 is 0. The molecule has 2 fully saturated rings. The Kier molecular flexibility index (Phi) is 3.83. The summed E-state index contributed by atoms with van der Waals surface area (Å²) < 4.78 is 1.73. The minimum atomic E-state index is -0.442. The Balaban J connectivity index is 1.38. The van der Waals surface area contributed by atoms with Crippen LogP contribution in [0.4, 0.5) is 10.6 Å². The number of aryl methyl sites for hydroxylation is 1.